The van der Waals surface area contributed by atoms with Crippen molar-refractivity contribution in [3.8, 4) is 0 Å². The van der Waals surface area contributed by atoms with Gasteiger partial charge in [-0.3, -0.25) is 0 Å². The minimum Gasteiger partial charge on any atom is -0.480 e. The van der Waals surface area contributed by atoms with Gasteiger partial charge in [0.05, 0.1) is 5.69 Å². The van der Waals surface area contributed by atoms with Crippen LogP contribution in [0, 0.1) is 12.7 Å². The van der Waals surface area contributed by atoms with E-state index in [1.54, 1.807) is 13.0 Å². The number of hydrogen-bond acceptors (Lipinski definition) is 3. The van der Waals surface area contributed by atoms with Crippen LogP contribution in [-0.4, -0.2) is 36.9 Å². The number of carboxylic acid groups (broad SMARTS) is 1. The third-order valence-electron chi connectivity index (χ3n) is 2.59. The Hall–Kier alpha value is -2.15. The Balaban J connectivity index is 2.63. The fourth-order valence-corrected chi connectivity index (χ4v) is 1.53. The number of rotatable bonds is 6. The van der Waals surface area contributed by atoms with E-state index in [1.165, 1.54) is 19.2 Å². The van der Waals surface area contributed by atoms with E-state index in [0.29, 0.717) is 0 Å². The largest absolute Gasteiger partial charge is 0.480 e. The molecule has 0 radical (unpaired) electrons. The molecular weight excluding hydrogens is 267 g/mol. The summed E-state index contributed by atoms with van der Waals surface area (Å²) in [6.07, 6.45) is 0.121. The summed E-state index contributed by atoms with van der Waals surface area (Å²) in [6.45, 7) is 1.91. The second kappa shape index (κ2) is 7.44. The Labute approximate surface area is 115 Å². The van der Waals surface area contributed by atoms with E-state index in [4.69, 9.17) is 9.84 Å². The molecule has 6 nitrogen and oxygen atoms in total. The summed E-state index contributed by atoms with van der Waals surface area (Å²) >= 11 is 0. The molecule has 0 aromatic heterocycles. The van der Waals surface area contributed by atoms with Crippen LogP contribution in [0.25, 0.3) is 0 Å². The number of aryl methyl sites for hydroxylation is 1. The van der Waals surface area contributed by atoms with Gasteiger partial charge in [0, 0.05) is 20.1 Å². The van der Waals surface area contributed by atoms with E-state index >= 15 is 0 Å². The molecule has 3 N–H and O–H groups in total. The number of nitrogens with one attached hydrogen (secondary N) is 2. The first-order valence-electron chi connectivity index (χ1n) is 5.99. The first-order chi connectivity index (χ1) is 9.43. The van der Waals surface area contributed by atoms with Gasteiger partial charge in [-0.05, 0) is 24.6 Å². The highest BCUT2D eigenvalue weighted by molar-refractivity contribution is 5.92. The van der Waals surface area contributed by atoms with Crippen LogP contribution in [0.5, 0.6) is 0 Å². The maximum absolute atomic E-state index is 13.5. The minimum absolute atomic E-state index is 0.0102. The molecule has 0 aliphatic heterocycles. The zero-order valence-corrected chi connectivity index (χ0v) is 11.3. The predicted molar refractivity (Wildman–Crippen MR) is 71.2 cm³/mol. The number of anilines is 1. The number of benzene rings is 1. The quantitative estimate of drug-likeness (QED) is 0.742. The third kappa shape index (κ3) is 4.85. The number of halogens is 1. The van der Waals surface area contributed by atoms with Crippen molar-refractivity contribution in [1.82, 2.24) is 5.32 Å². The summed E-state index contributed by atoms with van der Waals surface area (Å²) in [5.74, 6) is -1.76. The number of urea groups is 1. The lowest BCUT2D eigenvalue weighted by Crippen LogP contribution is -2.43. The van der Waals surface area contributed by atoms with E-state index in [0.717, 1.165) is 5.56 Å². The Morgan fingerprint density at radius 2 is 2.15 bits per heavy atom. The lowest BCUT2D eigenvalue weighted by atomic mass is 10.2. The molecule has 0 spiro atoms. The molecule has 0 fully saturated rings. The van der Waals surface area contributed by atoms with E-state index in [2.05, 4.69) is 10.6 Å². The van der Waals surface area contributed by atoms with Crippen molar-refractivity contribution in [2.75, 3.05) is 19.0 Å². The van der Waals surface area contributed by atoms with Crippen LogP contribution >= 0.6 is 0 Å². The third-order valence-corrected chi connectivity index (χ3v) is 2.59. The molecular formula is C13H17FN2O4. The van der Waals surface area contributed by atoms with Crippen LogP contribution in [0.3, 0.4) is 0 Å². The number of amides is 2. The van der Waals surface area contributed by atoms with Gasteiger partial charge in [0.15, 0.2) is 0 Å². The lowest BCUT2D eigenvalue weighted by Gasteiger charge is -2.15. The summed E-state index contributed by atoms with van der Waals surface area (Å²) < 4.78 is 18.3. The maximum atomic E-state index is 13.5. The molecule has 7 heteroatoms. The number of aliphatic carboxylic acids is 1. The smallest absolute Gasteiger partial charge is 0.326 e. The number of methoxy groups -OCH3 is 1. The van der Waals surface area contributed by atoms with Gasteiger partial charge in [0.25, 0.3) is 0 Å². The summed E-state index contributed by atoms with van der Waals surface area (Å²) in [5.41, 5.74) is 0.709. The molecule has 0 saturated heterocycles. The zero-order valence-electron chi connectivity index (χ0n) is 11.3. The standard InChI is InChI=1S/C13H17FN2O4/c1-8-3-4-10(9(14)7-8)15-13(19)16-11(12(17)18)5-6-20-2/h3-4,7,11H,5-6H2,1-2H3,(H,17,18)(H2,15,16,19). The van der Waals surface area contributed by atoms with Gasteiger partial charge < -0.3 is 20.5 Å². The molecule has 0 heterocycles. The highest BCUT2D eigenvalue weighted by Gasteiger charge is 2.20. The van der Waals surface area contributed by atoms with Crippen molar-refractivity contribution < 1.29 is 23.8 Å². The van der Waals surface area contributed by atoms with Crippen molar-refractivity contribution >= 4 is 17.7 Å². The van der Waals surface area contributed by atoms with Crippen LogP contribution in [0.2, 0.25) is 0 Å². The second-order valence-corrected chi connectivity index (χ2v) is 4.25. The SMILES string of the molecule is COCCC(NC(=O)Nc1ccc(C)cc1F)C(=O)O. The van der Waals surface area contributed by atoms with Crippen LogP contribution in [0.15, 0.2) is 18.2 Å². The van der Waals surface area contributed by atoms with Crippen molar-refractivity contribution in [3.05, 3.63) is 29.6 Å². The Bertz CT molecular complexity index is 493. The number of carboxylic acids is 1. The Morgan fingerprint density at radius 1 is 1.45 bits per heavy atom. The Kier molecular flexibility index (Phi) is 5.92. The molecule has 1 aromatic carbocycles. The van der Waals surface area contributed by atoms with Gasteiger partial charge >= 0.3 is 12.0 Å². The van der Waals surface area contributed by atoms with Gasteiger partial charge in [-0.25, -0.2) is 14.0 Å². The molecule has 1 aromatic rings. The fraction of sp³-hybridized carbons (Fsp3) is 0.385. The average molecular weight is 284 g/mol. The molecule has 1 unspecified atom stereocenters. The van der Waals surface area contributed by atoms with Gasteiger partial charge in [-0.15, -0.1) is 0 Å². The molecule has 110 valence electrons. The maximum Gasteiger partial charge on any atom is 0.326 e. The predicted octanol–water partition coefficient (Wildman–Crippen LogP) is 1.75. The summed E-state index contributed by atoms with van der Waals surface area (Å²) in [6, 6.07) is 2.45. The van der Waals surface area contributed by atoms with E-state index < -0.39 is 23.9 Å². The normalized spacial score (nSPS) is 11.8. The van der Waals surface area contributed by atoms with Crippen LogP contribution in [0.4, 0.5) is 14.9 Å². The lowest BCUT2D eigenvalue weighted by molar-refractivity contribution is -0.139. The molecule has 1 atom stereocenters. The topological polar surface area (TPSA) is 87.7 Å². The van der Waals surface area contributed by atoms with E-state index in [-0.39, 0.29) is 18.7 Å². The number of carbonyl (C=O) groups excluding carboxylic acids is 1. The van der Waals surface area contributed by atoms with Crippen molar-refractivity contribution in [2.24, 2.45) is 0 Å². The first kappa shape index (κ1) is 15.9. The fourth-order valence-electron chi connectivity index (χ4n) is 1.53. The molecule has 0 bridgehead atoms. The van der Waals surface area contributed by atoms with Gasteiger partial charge in [0.1, 0.15) is 11.9 Å². The Morgan fingerprint density at radius 3 is 2.70 bits per heavy atom. The van der Waals surface area contributed by atoms with Crippen molar-refractivity contribution in [2.45, 2.75) is 19.4 Å². The number of carbonyl (C=O) groups is 2. The van der Waals surface area contributed by atoms with Crippen LogP contribution < -0.4 is 10.6 Å². The second-order valence-electron chi connectivity index (χ2n) is 4.25. The highest BCUT2D eigenvalue weighted by Crippen LogP contribution is 2.15. The van der Waals surface area contributed by atoms with Crippen molar-refractivity contribution in [1.29, 1.82) is 0 Å². The van der Waals surface area contributed by atoms with Gasteiger partial charge in [-0.1, -0.05) is 6.07 Å². The van der Waals surface area contributed by atoms with Crippen molar-refractivity contribution in [3.63, 3.8) is 0 Å². The zero-order chi connectivity index (χ0) is 15.1. The van der Waals surface area contributed by atoms with Gasteiger partial charge in [-0.2, -0.15) is 0 Å². The van der Waals surface area contributed by atoms with E-state index in [9.17, 15) is 14.0 Å². The monoisotopic (exact) mass is 284 g/mol. The average Bonchev–Trinajstić information content (AvgIpc) is 2.37. The number of hydrogen-bond donors (Lipinski definition) is 3. The first-order valence-corrected chi connectivity index (χ1v) is 5.99. The van der Waals surface area contributed by atoms with E-state index in [1.807, 2.05) is 0 Å². The van der Waals surface area contributed by atoms with Gasteiger partial charge in [0.2, 0.25) is 0 Å². The summed E-state index contributed by atoms with van der Waals surface area (Å²) in [5, 5.41) is 13.4. The minimum atomic E-state index is -1.18. The molecule has 0 aliphatic carbocycles. The molecule has 2 amide bonds. The number of ether oxygens (including phenoxy) is 1. The summed E-state index contributed by atoms with van der Waals surface area (Å²) in [7, 11) is 1.43. The van der Waals surface area contributed by atoms with Crippen LogP contribution in [-0.2, 0) is 9.53 Å². The molecule has 0 saturated carbocycles. The molecule has 20 heavy (non-hydrogen) atoms. The molecule has 0 aliphatic rings. The highest BCUT2D eigenvalue weighted by atomic mass is 19.1. The molecule has 1 rings (SSSR count). The summed E-state index contributed by atoms with van der Waals surface area (Å²) in [4.78, 5) is 22.6. The van der Waals surface area contributed by atoms with Crippen LogP contribution in [0.1, 0.15) is 12.0 Å².